The quantitative estimate of drug-likeness (QED) is 0.895. The third kappa shape index (κ3) is 3.49. The number of halogens is 2. The largest absolute Gasteiger partial charge is 0.481 e. The molecule has 4 nitrogen and oxygen atoms in total. The molecule has 23 heavy (non-hydrogen) atoms. The molecule has 0 saturated carbocycles. The summed E-state index contributed by atoms with van der Waals surface area (Å²) in [5.74, 6) is -1.05. The predicted molar refractivity (Wildman–Crippen MR) is 92.5 cm³/mol. The van der Waals surface area contributed by atoms with E-state index >= 15 is 0 Å². The number of carbonyl (C=O) groups is 1. The molecule has 1 aliphatic heterocycles. The number of hydrogen-bond acceptors (Lipinski definition) is 3. The van der Waals surface area contributed by atoms with E-state index in [2.05, 4.69) is 5.10 Å². The van der Waals surface area contributed by atoms with Gasteiger partial charge in [-0.15, -0.1) is 0 Å². The van der Waals surface area contributed by atoms with Crippen molar-refractivity contribution in [2.45, 2.75) is 6.42 Å². The zero-order valence-electron chi connectivity index (χ0n) is 12.1. The fourth-order valence-electron chi connectivity index (χ4n) is 2.63. The Bertz CT molecular complexity index is 762. The summed E-state index contributed by atoms with van der Waals surface area (Å²) >= 11 is 12.0. The number of para-hydroxylation sites is 1. The van der Waals surface area contributed by atoms with Crippen LogP contribution in [0.15, 0.2) is 53.6 Å². The van der Waals surface area contributed by atoms with Crippen molar-refractivity contribution in [3.8, 4) is 0 Å². The van der Waals surface area contributed by atoms with Gasteiger partial charge in [-0.2, -0.15) is 5.10 Å². The maximum absolute atomic E-state index is 11.2. The lowest BCUT2D eigenvalue weighted by Crippen LogP contribution is -2.22. The van der Waals surface area contributed by atoms with Gasteiger partial charge in [-0.3, -0.25) is 9.80 Å². The highest BCUT2D eigenvalue weighted by molar-refractivity contribution is 6.42. The molecule has 1 heterocycles. The maximum Gasteiger partial charge on any atom is 0.304 e. The number of hydrogen-bond donors (Lipinski definition) is 1. The van der Waals surface area contributed by atoms with Gasteiger partial charge in [0.1, 0.15) is 0 Å². The molecule has 0 aliphatic carbocycles. The van der Waals surface area contributed by atoms with Crippen molar-refractivity contribution in [1.82, 2.24) is 0 Å². The molecule has 1 N–H and O–H groups in total. The van der Waals surface area contributed by atoms with E-state index in [1.165, 1.54) is 0 Å². The third-order valence-corrected chi connectivity index (χ3v) is 4.44. The first-order valence-corrected chi connectivity index (χ1v) is 7.88. The summed E-state index contributed by atoms with van der Waals surface area (Å²) in [5.41, 5.74) is 2.44. The van der Waals surface area contributed by atoms with E-state index in [9.17, 15) is 9.90 Å². The second-order valence-electron chi connectivity index (χ2n) is 5.33. The van der Waals surface area contributed by atoms with Crippen LogP contribution >= 0.6 is 23.2 Å². The number of carboxylic acid groups (broad SMARTS) is 1. The van der Waals surface area contributed by atoms with E-state index in [-0.39, 0.29) is 12.3 Å². The highest BCUT2D eigenvalue weighted by Gasteiger charge is 2.30. The Balaban J connectivity index is 1.97. The van der Waals surface area contributed by atoms with E-state index in [1.54, 1.807) is 12.1 Å². The number of carboxylic acids is 1. The van der Waals surface area contributed by atoms with Gasteiger partial charge in [0.05, 0.1) is 34.4 Å². The minimum absolute atomic E-state index is 0.0163. The van der Waals surface area contributed by atoms with Crippen molar-refractivity contribution in [2.24, 2.45) is 11.0 Å². The second-order valence-corrected chi connectivity index (χ2v) is 6.14. The first-order chi connectivity index (χ1) is 11.0. The molecular weight excluding hydrogens is 335 g/mol. The van der Waals surface area contributed by atoms with Gasteiger partial charge in [0.2, 0.25) is 0 Å². The van der Waals surface area contributed by atoms with E-state index < -0.39 is 5.97 Å². The third-order valence-electron chi connectivity index (χ3n) is 3.70. The first-order valence-electron chi connectivity index (χ1n) is 7.13. The standard InChI is InChI=1S/C17H14Cl2N2O2/c18-14-7-6-11(8-15(14)19)17-12(9-16(22)23)10-21(20-17)13-4-2-1-3-5-13/h1-8,12H,9-10H2,(H,22,23). The molecule has 0 aromatic heterocycles. The van der Waals surface area contributed by atoms with Crippen LogP contribution < -0.4 is 5.01 Å². The SMILES string of the molecule is O=C(O)CC1CN(c2ccccc2)N=C1c1ccc(Cl)c(Cl)c1. The second kappa shape index (κ2) is 6.60. The Morgan fingerprint density at radius 2 is 1.91 bits per heavy atom. The van der Waals surface area contributed by atoms with Crippen molar-refractivity contribution >= 4 is 40.6 Å². The van der Waals surface area contributed by atoms with Crippen molar-refractivity contribution in [3.05, 3.63) is 64.1 Å². The topological polar surface area (TPSA) is 52.9 Å². The minimum atomic E-state index is -0.849. The molecule has 2 aromatic carbocycles. The number of anilines is 1. The van der Waals surface area contributed by atoms with Crippen molar-refractivity contribution in [2.75, 3.05) is 11.6 Å². The Morgan fingerprint density at radius 3 is 2.57 bits per heavy atom. The lowest BCUT2D eigenvalue weighted by Gasteiger charge is -2.15. The summed E-state index contributed by atoms with van der Waals surface area (Å²) in [6, 6.07) is 14.9. The molecule has 118 valence electrons. The van der Waals surface area contributed by atoms with Crippen molar-refractivity contribution in [3.63, 3.8) is 0 Å². The Labute approximate surface area is 143 Å². The average molecular weight is 349 g/mol. The minimum Gasteiger partial charge on any atom is -0.481 e. The summed E-state index contributed by atoms with van der Waals surface area (Å²) < 4.78 is 0. The van der Waals surface area contributed by atoms with Crippen LogP contribution in [0.1, 0.15) is 12.0 Å². The summed E-state index contributed by atoms with van der Waals surface area (Å²) in [5, 5.41) is 16.5. The van der Waals surface area contributed by atoms with Gasteiger partial charge in [0.25, 0.3) is 0 Å². The molecule has 0 radical (unpaired) electrons. The monoisotopic (exact) mass is 348 g/mol. The predicted octanol–water partition coefficient (Wildman–Crippen LogP) is 4.31. The molecule has 1 aliphatic rings. The van der Waals surface area contributed by atoms with Crippen LogP contribution in [0.25, 0.3) is 0 Å². The lowest BCUT2D eigenvalue weighted by atomic mass is 9.94. The van der Waals surface area contributed by atoms with Crippen LogP contribution in [0, 0.1) is 5.92 Å². The normalized spacial score (nSPS) is 17.2. The highest BCUT2D eigenvalue weighted by atomic mass is 35.5. The molecule has 0 fully saturated rings. The smallest absolute Gasteiger partial charge is 0.304 e. The first kappa shape index (κ1) is 15.8. The zero-order valence-corrected chi connectivity index (χ0v) is 13.6. The van der Waals surface area contributed by atoms with Gasteiger partial charge in [0.15, 0.2) is 0 Å². The van der Waals surface area contributed by atoms with Gasteiger partial charge in [-0.1, -0.05) is 47.5 Å². The van der Waals surface area contributed by atoms with E-state index in [0.29, 0.717) is 16.6 Å². The van der Waals surface area contributed by atoms with Crippen LogP contribution in [0.4, 0.5) is 5.69 Å². The van der Waals surface area contributed by atoms with Crippen molar-refractivity contribution < 1.29 is 9.90 Å². The Hall–Kier alpha value is -2.04. The molecule has 0 spiro atoms. The summed E-state index contributed by atoms with van der Waals surface area (Å²) in [6.07, 6.45) is 0.0163. The molecule has 6 heteroatoms. The number of rotatable bonds is 4. The lowest BCUT2D eigenvalue weighted by molar-refractivity contribution is -0.137. The van der Waals surface area contributed by atoms with Gasteiger partial charge in [-0.05, 0) is 29.8 Å². The van der Waals surface area contributed by atoms with E-state index in [1.807, 2.05) is 41.4 Å². The molecule has 1 atom stereocenters. The van der Waals surface area contributed by atoms with E-state index in [0.717, 1.165) is 17.0 Å². The van der Waals surface area contributed by atoms with Crippen LogP contribution in [0.3, 0.4) is 0 Å². The Kier molecular flexibility index (Phi) is 4.55. The van der Waals surface area contributed by atoms with Gasteiger partial charge >= 0.3 is 5.97 Å². The molecule has 0 bridgehead atoms. The summed E-state index contributed by atoms with van der Waals surface area (Å²) in [4.78, 5) is 11.2. The molecule has 0 saturated heterocycles. The van der Waals surface area contributed by atoms with Crippen LogP contribution in [0.2, 0.25) is 10.0 Å². The summed E-state index contributed by atoms with van der Waals surface area (Å²) in [7, 11) is 0. The highest BCUT2D eigenvalue weighted by Crippen LogP contribution is 2.30. The number of nitrogens with zero attached hydrogens (tertiary/aromatic N) is 2. The van der Waals surface area contributed by atoms with Gasteiger partial charge in [-0.25, -0.2) is 0 Å². The molecular formula is C17H14Cl2N2O2. The number of hydrazone groups is 1. The van der Waals surface area contributed by atoms with Crippen LogP contribution in [-0.4, -0.2) is 23.3 Å². The van der Waals surface area contributed by atoms with Gasteiger partial charge < -0.3 is 5.11 Å². The fraction of sp³-hybridized carbons (Fsp3) is 0.176. The van der Waals surface area contributed by atoms with Crippen LogP contribution in [-0.2, 0) is 4.79 Å². The van der Waals surface area contributed by atoms with Crippen molar-refractivity contribution in [1.29, 1.82) is 0 Å². The fourth-order valence-corrected chi connectivity index (χ4v) is 2.93. The molecule has 1 unspecified atom stereocenters. The van der Waals surface area contributed by atoms with E-state index in [4.69, 9.17) is 23.2 Å². The average Bonchev–Trinajstić information content (AvgIpc) is 2.94. The van der Waals surface area contributed by atoms with Crippen LogP contribution in [0.5, 0.6) is 0 Å². The maximum atomic E-state index is 11.2. The number of benzene rings is 2. The molecule has 0 amide bonds. The van der Waals surface area contributed by atoms with Gasteiger partial charge in [0, 0.05) is 5.92 Å². The Morgan fingerprint density at radius 1 is 1.17 bits per heavy atom. The zero-order chi connectivity index (χ0) is 16.4. The summed E-state index contributed by atoms with van der Waals surface area (Å²) in [6.45, 7) is 0.520. The molecule has 2 aromatic rings. The number of aliphatic carboxylic acids is 1. The molecule has 3 rings (SSSR count).